The first kappa shape index (κ1) is 8.51. The molecule has 0 N–H and O–H groups in total. The van der Waals surface area contributed by atoms with Crippen molar-refractivity contribution in [2.24, 2.45) is 0 Å². The van der Waals surface area contributed by atoms with Crippen LogP contribution in [-0.4, -0.2) is 11.4 Å². The predicted octanol–water partition coefficient (Wildman–Crippen LogP) is 2.73. The van der Waals surface area contributed by atoms with Crippen LogP contribution in [0.5, 0.6) is 0 Å². The Labute approximate surface area is 84.3 Å². The Morgan fingerprint density at radius 3 is 2.57 bits per heavy atom. The van der Waals surface area contributed by atoms with E-state index in [1.165, 1.54) is 12.8 Å². The van der Waals surface area contributed by atoms with Crippen LogP contribution in [0.4, 0.5) is 0 Å². The molecule has 2 nitrogen and oxygen atoms in total. The molecule has 0 saturated heterocycles. The van der Waals surface area contributed by atoms with Gasteiger partial charge in [0.05, 0.1) is 0 Å². The van der Waals surface area contributed by atoms with Gasteiger partial charge >= 0.3 is 0 Å². The van der Waals surface area contributed by atoms with E-state index in [-0.39, 0.29) is 5.60 Å². The first-order chi connectivity index (χ1) is 6.79. The second-order valence-electron chi connectivity index (χ2n) is 4.85. The Morgan fingerprint density at radius 2 is 1.86 bits per heavy atom. The Hall–Kier alpha value is -0.790. The third-order valence-corrected chi connectivity index (χ3v) is 3.83. The highest BCUT2D eigenvalue weighted by Gasteiger charge is 2.45. The van der Waals surface area contributed by atoms with Gasteiger partial charge in [0.1, 0.15) is 11.4 Å². The molecule has 1 spiro atoms. The molecule has 76 valence electrons. The molecule has 2 aliphatic carbocycles. The number of Topliss-reactive ketones (excluding diaryl/α,β-unsaturated/α-hetero) is 1. The summed E-state index contributed by atoms with van der Waals surface area (Å²) in [5.41, 5.74) is 1.10. The molecule has 0 bridgehead atoms. The molecule has 3 rings (SSSR count). The maximum Gasteiger partial charge on any atom is 0.162 e. The highest BCUT2D eigenvalue weighted by atomic mass is 16.5. The summed E-state index contributed by atoms with van der Waals surface area (Å²) in [6, 6.07) is 0. The van der Waals surface area contributed by atoms with E-state index in [1.807, 2.05) is 0 Å². The van der Waals surface area contributed by atoms with Gasteiger partial charge in [-0.05, 0) is 32.1 Å². The number of hydrogen-bond donors (Lipinski definition) is 0. The van der Waals surface area contributed by atoms with Crippen LogP contribution in [0.1, 0.15) is 51.4 Å². The lowest BCUT2D eigenvalue weighted by atomic mass is 9.89. The summed E-state index contributed by atoms with van der Waals surface area (Å²) in [5.74, 6) is 1.40. The molecule has 0 amide bonds. The fraction of sp³-hybridized carbons (Fsp3) is 0.750. The molecule has 0 radical (unpaired) electrons. The maximum absolute atomic E-state index is 11.7. The summed E-state index contributed by atoms with van der Waals surface area (Å²) in [6.07, 6.45) is 8.53. The number of hydrogen-bond acceptors (Lipinski definition) is 2. The summed E-state index contributed by atoms with van der Waals surface area (Å²) in [5, 5.41) is 0. The zero-order chi connectivity index (χ0) is 9.60. The molecule has 0 atom stereocenters. The third kappa shape index (κ3) is 1.13. The third-order valence-electron chi connectivity index (χ3n) is 3.83. The van der Waals surface area contributed by atoms with Crippen LogP contribution in [0.3, 0.4) is 0 Å². The zero-order valence-corrected chi connectivity index (χ0v) is 8.47. The molecular weight excluding hydrogens is 176 g/mol. The van der Waals surface area contributed by atoms with Gasteiger partial charge in [-0.2, -0.15) is 0 Å². The average Bonchev–Trinajstić information content (AvgIpc) is 2.75. The van der Waals surface area contributed by atoms with E-state index in [1.54, 1.807) is 0 Å². The largest absolute Gasteiger partial charge is 0.491 e. The number of rotatable bonds is 0. The molecular formula is C12H16O2. The van der Waals surface area contributed by atoms with Crippen LogP contribution in [0.2, 0.25) is 0 Å². The minimum Gasteiger partial charge on any atom is -0.491 e. The van der Waals surface area contributed by atoms with Crippen LogP contribution >= 0.6 is 0 Å². The van der Waals surface area contributed by atoms with E-state index in [4.69, 9.17) is 4.74 Å². The predicted molar refractivity (Wildman–Crippen MR) is 52.8 cm³/mol. The highest BCUT2D eigenvalue weighted by molar-refractivity contribution is 5.97. The van der Waals surface area contributed by atoms with Crippen LogP contribution in [0, 0.1) is 0 Å². The first-order valence-electron chi connectivity index (χ1n) is 5.73. The van der Waals surface area contributed by atoms with E-state index >= 15 is 0 Å². The number of allylic oxidation sites excluding steroid dienone is 1. The van der Waals surface area contributed by atoms with Crippen molar-refractivity contribution in [3.8, 4) is 0 Å². The Morgan fingerprint density at radius 1 is 1.07 bits per heavy atom. The second-order valence-corrected chi connectivity index (χ2v) is 4.85. The number of ether oxygens (including phenoxy) is 1. The van der Waals surface area contributed by atoms with Gasteiger partial charge < -0.3 is 4.74 Å². The van der Waals surface area contributed by atoms with Gasteiger partial charge in [0.15, 0.2) is 5.78 Å². The fourth-order valence-electron chi connectivity index (χ4n) is 3.09. The smallest absolute Gasteiger partial charge is 0.162 e. The SMILES string of the molecule is O=C1CCCC2=C1CC1(CCCC1)O2. The van der Waals surface area contributed by atoms with Crippen molar-refractivity contribution >= 4 is 5.78 Å². The van der Waals surface area contributed by atoms with Crippen molar-refractivity contribution in [3.63, 3.8) is 0 Å². The minimum atomic E-state index is 0.0602. The average molecular weight is 192 g/mol. The number of ketones is 1. The topological polar surface area (TPSA) is 26.3 Å². The van der Waals surface area contributed by atoms with E-state index in [0.29, 0.717) is 5.78 Å². The summed E-state index contributed by atoms with van der Waals surface area (Å²) in [7, 11) is 0. The van der Waals surface area contributed by atoms with Crippen molar-refractivity contribution in [3.05, 3.63) is 11.3 Å². The Bertz CT molecular complexity index is 308. The summed E-state index contributed by atoms with van der Waals surface area (Å²) in [4.78, 5) is 11.7. The molecule has 1 fully saturated rings. The summed E-state index contributed by atoms with van der Waals surface area (Å²) >= 11 is 0. The van der Waals surface area contributed by atoms with Crippen molar-refractivity contribution < 1.29 is 9.53 Å². The van der Waals surface area contributed by atoms with Crippen molar-refractivity contribution in [2.75, 3.05) is 0 Å². The van der Waals surface area contributed by atoms with E-state index in [9.17, 15) is 4.79 Å². The normalized spacial score (nSPS) is 29.6. The summed E-state index contributed by atoms with van der Waals surface area (Å²) < 4.78 is 6.04. The molecule has 3 aliphatic rings. The van der Waals surface area contributed by atoms with Gasteiger partial charge in [-0.25, -0.2) is 0 Å². The second kappa shape index (κ2) is 2.85. The van der Waals surface area contributed by atoms with E-state index < -0.39 is 0 Å². The molecule has 0 aromatic carbocycles. The van der Waals surface area contributed by atoms with Gasteiger partial charge in [0, 0.05) is 24.8 Å². The van der Waals surface area contributed by atoms with E-state index in [2.05, 4.69) is 0 Å². The number of carbonyl (C=O) groups excluding carboxylic acids is 1. The van der Waals surface area contributed by atoms with Crippen LogP contribution in [0.25, 0.3) is 0 Å². The molecule has 1 saturated carbocycles. The quantitative estimate of drug-likeness (QED) is 0.590. The monoisotopic (exact) mass is 192 g/mol. The van der Waals surface area contributed by atoms with Gasteiger partial charge in [0.2, 0.25) is 0 Å². The molecule has 14 heavy (non-hydrogen) atoms. The zero-order valence-electron chi connectivity index (χ0n) is 8.47. The Kier molecular flexibility index (Phi) is 1.73. The van der Waals surface area contributed by atoms with Crippen LogP contribution in [-0.2, 0) is 9.53 Å². The molecule has 0 aromatic rings. The van der Waals surface area contributed by atoms with Gasteiger partial charge in [-0.3, -0.25) is 4.79 Å². The lowest BCUT2D eigenvalue weighted by Crippen LogP contribution is -2.23. The van der Waals surface area contributed by atoms with Gasteiger partial charge in [0.25, 0.3) is 0 Å². The van der Waals surface area contributed by atoms with Crippen LogP contribution < -0.4 is 0 Å². The standard InChI is InChI=1S/C12H16O2/c13-10-4-3-5-11-9(10)8-12(14-11)6-1-2-7-12/h1-8H2. The van der Waals surface area contributed by atoms with Crippen molar-refractivity contribution in [1.82, 2.24) is 0 Å². The summed E-state index contributed by atoms with van der Waals surface area (Å²) in [6.45, 7) is 0. The van der Waals surface area contributed by atoms with Gasteiger partial charge in [-0.15, -0.1) is 0 Å². The Balaban J connectivity index is 1.87. The van der Waals surface area contributed by atoms with Crippen LogP contribution in [0.15, 0.2) is 11.3 Å². The minimum absolute atomic E-state index is 0.0602. The lowest BCUT2D eigenvalue weighted by molar-refractivity contribution is -0.116. The molecule has 1 aliphatic heterocycles. The molecule has 2 heteroatoms. The lowest BCUT2D eigenvalue weighted by Gasteiger charge is -2.24. The fourth-order valence-corrected chi connectivity index (χ4v) is 3.09. The molecule has 1 heterocycles. The number of carbonyl (C=O) groups is 1. The van der Waals surface area contributed by atoms with E-state index in [0.717, 1.165) is 49.9 Å². The highest BCUT2D eigenvalue weighted by Crippen LogP contribution is 2.48. The molecule has 0 aromatic heterocycles. The van der Waals surface area contributed by atoms with Crippen molar-refractivity contribution in [1.29, 1.82) is 0 Å². The molecule has 0 unspecified atom stereocenters. The first-order valence-corrected chi connectivity index (χ1v) is 5.73. The van der Waals surface area contributed by atoms with Gasteiger partial charge in [-0.1, -0.05) is 0 Å². The van der Waals surface area contributed by atoms with Crippen molar-refractivity contribution in [2.45, 2.75) is 57.0 Å². The maximum atomic E-state index is 11.7.